The van der Waals surface area contributed by atoms with Crippen LogP contribution in [0, 0.1) is 12.8 Å². The first-order chi connectivity index (χ1) is 11.0. The van der Waals surface area contributed by atoms with E-state index in [2.05, 4.69) is 10.2 Å². The number of carbonyl (C=O) groups excluding carboxylic acids is 2. The van der Waals surface area contributed by atoms with Crippen LogP contribution in [0.15, 0.2) is 24.3 Å². The summed E-state index contributed by atoms with van der Waals surface area (Å²) >= 11 is 0. The van der Waals surface area contributed by atoms with Gasteiger partial charge in [0.2, 0.25) is 5.91 Å². The molecule has 2 aliphatic rings. The number of likely N-dealkylation sites (tertiary alicyclic amines) is 2. The number of hydrogen-bond acceptors (Lipinski definition) is 3. The molecular formula is C17H24N4O2. The van der Waals surface area contributed by atoms with Gasteiger partial charge in [0.15, 0.2) is 0 Å². The van der Waals surface area contributed by atoms with Gasteiger partial charge in [-0.3, -0.25) is 9.69 Å². The normalized spacial score (nSPS) is 20.1. The SMILES string of the molecule is Cc1cccc(NC(=O)N2CC(N3CCC(C(N)=O)CC3)C2)c1. The van der Waals surface area contributed by atoms with Crippen molar-refractivity contribution in [3.05, 3.63) is 29.8 Å². The first-order valence-corrected chi connectivity index (χ1v) is 8.19. The lowest BCUT2D eigenvalue weighted by atomic mass is 9.94. The molecule has 2 aliphatic heterocycles. The standard InChI is InChI=1S/C17H24N4O2/c1-12-3-2-4-14(9-12)19-17(23)21-10-15(11-21)20-7-5-13(6-8-20)16(18)22/h2-4,9,13,15H,5-8,10-11H2,1H3,(H2,18,22)(H,19,23). The second-order valence-corrected chi connectivity index (χ2v) is 6.57. The lowest BCUT2D eigenvalue weighted by molar-refractivity contribution is -0.123. The predicted octanol–water partition coefficient (Wildman–Crippen LogP) is 1.41. The lowest BCUT2D eigenvalue weighted by Gasteiger charge is -2.47. The van der Waals surface area contributed by atoms with E-state index in [0.29, 0.717) is 6.04 Å². The first-order valence-electron chi connectivity index (χ1n) is 8.19. The largest absolute Gasteiger partial charge is 0.369 e. The average Bonchev–Trinajstić information content (AvgIpc) is 2.46. The molecule has 23 heavy (non-hydrogen) atoms. The number of aryl methyl sites for hydroxylation is 1. The molecule has 0 aromatic heterocycles. The van der Waals surface area contributed by atoms with Crippen molar-refractivity contribution in [3.8, 4) is 0 Å². The molecule has 2 saturated heterocycles. The molecule has 6 heteroatoms. The number of carbonyl (C=O) groups is 2. The fourth-order valence-corrected chi connectivity index (χ4v) is 3.33. The zero-order chi connectivity index (χ0) is 16.4. The fourth-order valence-electron chi connectivity index (χ4n) is 3.33. The highest BCUT2D eigenvalue weighted by Crippen LogP contribution is 2.23. The molecule has 2 heterocycles. The van der Waals surface area contributed by atoms with Crippen molar-refractivity contribution in [1.82, 2.24) is 9.80 Å². The molecule has 1 aromatic carbocycles. The van der Waals surface area contributed by atoms with E-state index in [-0.39, 0.29) is 17.9 Å². The maximum atomic E-state index is 12.2. The highest BCUT2D eigenvalue weighted by atomic mass is 16.2. The molecule has 0 unspecified atom stereocenters. The maximum Gasteiger partial charge on any atom is 0.321 e. The predicted molar refractivity (Wildman–Crippen MR) is 89.1 cm³/mol. The number of rotatable bonds is 3. The van der Waals surface area contributed by atoms with Crippen molar-refractivity contribution < 1.29 is 9.59 Å². The van der Waals surface area contributed by atoms with E-state index in [9.17, 15) is 9.59 Å². The van der Waals surface area contributed by atoms with Crippen molar-refractivity contribution >= 4 is 17.6 Å². The zero-order valence-electron chi connectivity index (χ0n) is 13.5. The van der Waals surface area contributed by atoms with Gasteiger partial charge in [0, 0.05) is 30.7 Å². The molecule has 3 amide bonds. The van der Waals surface area contributed by atoms with Crippen LogP contribution in [0.5, 0.6) is 0 Å². The Kier molecular flexibility index (Phi) is 4.52. The van der Waals surface area contributed by atoms with Crippen LogP contribution in [0.3, 0.4) is 0 Å². The molecule has 0 spiro atoms. The van der Waals surface area contributed by atoms with E-state index in [4.69, 9.17) is 5.73 Å². The van der Waals surface area contributed by atoms with Crippen LogP contribution in [-0.4, -0.2) is 54.0 Å². The Morgan fingerprint density at radius 3 is 2.52 bits per heavy atom. The van der Waals surface area contributed by atoms with Crippen molar-refractivity contribution in [2.24, 2.45) is 11.7 Å². The summed E-state index contributed by atoms with van der Waals surface area (Å²) < 4.78 is 0. The van der Waals surface area contributed by atoms with Crippen LogP contribution in [0.2, 0.25) is 0 Å². The number of amides is 3. The summed E-state index contributed by atoms with van der Waals surface area (Å²) in [5, 5.41) is 2.94. The Labute approximate surface area is 136 Å². The Morgan fingerprint density at radius 2 is 1.91 bits per heavy atom. The minimum atomic E-state index is -0.183. The third kappa shape index (κ3) is 3.64. The van der Waals surface area contributed by atoms with Crippen LogP contribution in [0.4, 0.5) is 10.5 Å². The Balaban J connectivity index is 1.44. The number of primary amides is 1. The smallest absolute Gasteiger partial charge is 0.321 e. The van der Waals surface area contributed by atoms with E-state index in [1.165, 1.54) is 0 Å². The van der Waals surface area contributed by atoms with E-state index in [1.807, 2.05) is 36.1 Å². The number of nitrogens with zero attached hydrogens (tertiary/aromatic N) is 2. The minimum Gasteiger partial charge on any atom is -0.369 e. The Morgan fingerprint density at radius 1 is 1.22 bits per heavy atom. The summed E-state index contributed by atoms with van der Waals surface area (Å²) in [4.78, 5) is 27.6. The molecule has 0 saturated carbocycles. The van der Waals surface area contributed by atoms with Crippen LogP contribution in [0.1, 0.15) is 18.4 Å². The molecule has 3 rings (SSSR count). The van der Waals surface area contributed by atoms with Crippen molar-refractivity contribution in [1.29, 1.82) is 0 Å². The molecule has 1 aromatic rings. The quantitative estimate of drug-likeness (QED) is 0.885. The van der Waals surface area contributed by atoms with Crippen molar-refractivity contribution in [2.75, 3.05) is 31.5 Å². The van der Waals surface area contributed by atoms with Crippen LogP contribution >= 0.6 is 0 Å². The van der Waals surface area contributed by atoms with Gasteiger partial charge in [0.25, 0.3) is 0 Å². The van der Waals surface area contributed by atoms with E-state index < -0.39 is 0 Å². The lowest BCUT2D eigenvalue weighted by Crippen LogP contribution is -2.63. The second-order valence-electron chi connectivity index (χ2n) is 6.57. The van der Waals surface area contributed by atoms with Gasteiger partial charge in [0.05, 0.1) is 0 Å². The highest BCUT2D eigenvalue weighted by molar-refractivity contribution is 5.90. The van der Waals surface area contributed by atoms with Gasteiger partial charge in [-0.25, -0.2) is 4.79 Å². The molecule has 6 nitrogen and oxygen atoms in total. The number of nitrogens with two attached hydrogens (primary N) is 1. The number of piperidine rings is 1. The summed E-state index contributed by atoms with van der Waals surface area (Å²) in [5.41, 5.74) is 7.32. The third-order valence-electron chi connectivity index (χ3n) is 4.87. The Bertz CT molecular complexity index is 590. The van der Waals surface area contributed by atoms with Gasteiger partial charge in [-0.15, -0.1) is 0 Å². The summed E-state index contributed by atoms with van der Waals surface area (Å²) in [6.45, 7) is 5.29. The van der Waals surface area contributed by atoms with Crippen LogP contribution in [-0.2, 0) is 4.79 Å². The van der Waals surface area contributed by atoms with Gasteiger partial charge in [0.1, 0.15) is 0 Å². The monoisotopic (exact) mass is 316 g/mol. The first kappa shape index (κ1) is 15.8. The average molecular weight is 316 g/mol. The van der Waals surface area contributed by atoms with Gasteiger partial charge in [-0.1, -0.05) is 12.1 Å². The third-order valence-corrected chi connectivity index (χ3v) is 4.87. The maximum absolute atomic E-state index is 12.2. The summed E-state index contributed by atoms with van der Waals surface area (Å²) in [7, 11) is 0. The molecule has 3 N–H and O–H groups in total. The van der Waals surface area contributed by atoms with Gasteiger partial charge >= 0.3 is 6.03 Å². The molecular weight excluding hydrogens is 292 g/mol. The molecule has 0 bridgehead atoms. The number of nitrogens with one attached hydrogen (secondary N) is 1. The van der Waals surface area contributed by atoms with Gasteiger partial charge in [-0.2, -0.15) is 0 Å². The molecule has 0 atom stereocenters. The van der Waals surface area contributed by atoms with Gasteiger partial charge in [-0.05, 0) is 50.6 Å². The Hall–Kier alpha value is -2.08. The second kappa shape index (κ2) is 6.58. The van der Waals surface area contributed by atoms with Crippen LogP contribution < -0.4 is 11.1 Å². The number of anilines is 1. The molecule has 0 aliphatic carbocycles. The number of benzene rings is 1. The molecule has 0 radical (unpaired) electrons. The highest BCUT2D eigenvalue weighted by Gasteiger charge is 2.37. The number of urea groups is 1. The van der Waals surface area contributed by atoms with Crippen LogP contribution in [0.25, 0.3) is 0 Å². The van der Waals surface area contributed by atoms with E-state index in [1.54, 1.807) is 0 Å². The van der Waals surface area contributed by atoms with Gasteiger partial charge < -0.3 is 16.0 Å². The summed E-state index contributed by atoms with van der Waals surface area (Å²) in [6.07, 6.45) is 1.67. The minimum absolute atomic E-state index is 0.0204. The molecule has 124 valence electrons. The molecule has 2 fully saturated rings. The van der Waals surface area contributed by atoms with Crippen molar-refractivity contribution in [3.63, 3.8) is 0 Å². The summed E-state index contributed by atoms with van der Waals surface area (Å²) in [6, 6.07) is 8.17. The zero-order valence-corrected chi connectivity index (χ0v) is 13.5. The van der Waals surface area contributed by atoms with E-state index >= 15 is 0 Å². The number of hydrogen-bond donors (Lipinski definition) is 2. The van der Waals surface area contributed by atoms with E-state index in [0.717, 1.165) is 50.3 Å². The topological polar surface area (TPSA) is 78.7 Å². The van der Waals surface area contributed by atoms with Crippen molar-refractivity contribution in [2.45, 2.75) is 25.8 Å². The fraction of sp³-hybridized carbons (Fsp3) is 0.529. The summed E-state index contributed by atoms with van der Waals surface area (Å²) in [5.74, 6) is -0.163.